The Morgan fingerprint density at radius 2 is 1.58 bits per heavy atom. The molecule has 0 saturated carbocycles. The van der Waals surface area contributed by atoms with Gasteiger partial charge in [-0.2, -0.15) is 0 Å². The number of halogens is 3. The summed E-state index contributed by atoms with van der Waals surface area (Å²) in [6.45, 7) is 0.352. The van der Waals surface area contributed by atoms with Crippen LogP contribution < -0.4 is 10.6 Å². The first kappa shape index (κ1) is 18.2. The highest BCUT2D eigenvalue weighted by Crippen LogP contribution is 2.29. The zero-order valence-corrected chi connectivity index (χ0v) is 14.1. The van der Waals surface area contributed by atoms with Crippen LogP contribution >= 0.6 is 23.2 Å². The molecule has 0 unspecified atom stereocenters. The standard InChI is InChI=1S/C17H15Cl2FN2O2/c18-13-2-1-3-14(19)17(13)22-16(24)10-15(23)21-9-8-11-4-6-12(20)7-5-11/h1-7H,8-10H2,(H,21,23)(H,22,24). The Morgan fingerprint density at radius 1 is 0.958 bits per heavy atom. The third-order valence-corrected chi connectivity index (χ3v) is 3.83. The van der Waals surface area contributed by atoms with Crippen molar-refractivity contribution in [1.29, 1.82) is 0 Å². The molecular formula is C17H15Cl2FN2O2. The van der Waals surface area contributed by atoms with Crippen molar-refractivity contribution in [3.63, 3.8) is 0 Å². The lowest BCUT2D eigenvalue weighted by Crippen LogP contribution is -2.29. The number of hydrogen-bond donors (Lipinski definition) is 2. The normalized spacial score (nSPS) is 10.3. The van der Waals surface area contributed by atoms with Gasteiger partial charge in [0.25, 0.3) is 0 Å². The first-order chi connectivity index (χ1) is 11.5. The summed E-state index contributed by atoms with van der Waals surface area (Å²) in [6.07, 6.45) is 0.203. The second-order valence-corrected chi connectivity index (χ2v) is 5.86. The molecule has 2 aromatic carbocycles. The number of rotatable bonds is 6. The van der Waals surface area contributed by atoms with Gasteiger partial charge in [-0.25, -0.2) is 4.39 Å². The number of carbonyl (C=O) groups is 2. The van der Waals surface area contributed by atoms with Crippen molar-refractivity contribution in [3.05, 3.63) is 63.9 Å². The lowest BCUT2D eigenvalue weighted by molar-refractivity contribution is -0.126. The lowest BCUT2D eigenvalue weighted by atomic mass is 10.1. The van der Waals surface area contributed by atoms with Crippen molar-refractivity contribution in [2.24, 2.45) is 0 Å². The van der Waals surface area contributed by atoms with Crippen molar-refractivity contribution >= 4 is 40.7 Å². The third-order valence-electron chi connectivity index (χ3n) is 3.20. The summed E-state index contributed by atoms with van der Waals surface area (Å²) in [5.74, 6) is -1.24. The molecule has 0 fully saturated rings. The molecule has 24 heavy (non-hydrogen) atoms. The lowest BCUT2D eigenvalue weighted by Gasteiger charge is -2.09. The summed E-state index contributed by atoms with van der Waals surface area (Å²) in [7, 11) is 0. The molecule has 2 N–H and O–H groups in total. The second kappa shape index (κ2) is 8.66. The molecule has 0 atom stereocenters. The average Bonchev–Trinajstić information content (AvgIpc) is 2.53. The van der Waals surface area contributed by atoms with Crippen LogP contribution in [0.3, 0.4) is 0 Å². The van der Waals surface area contributed by atoms with Gasteiger partial charge in [0, 0.05) is 6.54 Å². The molecule has 0 saturated heterocycles. The Labute approximate surface area is 149 Å². The molecule has 2 aromatic rings. The molecule has 0 aromatic heterocycles. The number of hydrogen-bond acceptors (Lipinski definition) is 2. The van der Waals surface area contributed by atoms with E-state index in [0.717, 1.165) is 5.56 Å². The van der Waals surface area contributed by atoms with Gasteiger partial charge >= 0.3 is 0 Å². The van der Waals surface area contributed by atoms with Crippen LogP contribution in [-0.2, 0) is 16.0 Å². The first-order valence-electron chi connectivity index (χ1n) is 7.20. The molecule has 126 valence electrons. The molecule has 0 aliphatic rings. The molecule has 2 amide bonds. The molecule has 0 bridgehead atoms. The van der Waals surface area contributed by atoms with E-state index in [-0.39, 0.29) is 17.9 Å². The summed E-state index contributed by atoms with van der Waals surface area (Å²) in [4.78, 5) is 23.6. The fourth-order valence-corrected chi connectivity index (χ4v) is 2.50. The van der Waals surface area contributed by atoms with Gasteiger partial charge in [-0.1, -0.05) is 41.4 Å². The Morgan fingerprint density at radius 3 is 2.21 bits per heavy atom. The number of amides is 2. The summed E-state index contributed by atoms with van der Waals surface area (Å²) in [5, 5.41) is 5.75. The maximum absolute atomic E-state index is 12.8. The molecule has 0 aliphatic carbocycles. The van der Waals surface area contributed by atoms with E-state index in [1.165, 1.54) is 12.1 Å². The minimum absolute atomic E-state index is 0.282. The van der Waals surface area contributed by atoms with Crippen LogP contribution in [0.1, 0.15) is 12.0 Å². The highest BCUT2D eigenvalue weighted by atomic mass is 35.5. The second-order valence-electron chi connectivity index (χ2n) is 5.05. The molecule has 0 heterocycles. The Bertz CT molecular complexity index is 716. The van der Waals surface area contributed by atoms with Gasteiger partial charge in [-0.05, 0) is 36.2 Å². The highest BCUT2D eigenvalue weighted by molar-refractivity contribution is 6.39. The largest absolute Gasteiger partial charge is 0.355 e. The summed E-state index contributed by atoms with van der Waals surface area (Å²) in [5.41, 5.74) is 1.17. The molecular weight excluding hydrogens is 354 g/mol. The minimum Gasteiger partial charge on any atom is -0.355 e. The number of nitrogens with one attached hydrogen (secondary N) is 2. The molecule has 0 spiro atoms. The summed E-state index contributed by atoms with van der Waals surface area (Å²) < 4.78 is 12.8. The minimum atomic E-state index is -0.510. The van der Waals surface area contributed by atoms with E-state index < -0.39 is 11.8 Å². The van der Waals surface area contributed by atoms with Gasteiger partial charge in [-0.3, -0.25) is 9.59 Å². The van der Waals surface area contributed by atoms with E-state index in [2.05, 4.69) is 10.6 Å². The van der Waals surface area contributed by atoms with E-state index in [1.807, 2.05) is 0 Å². The predicted molar refractivity (Wildman–Crippen MR) is 92.8 cm³/mol. The Balaban J connectivity index is 1.77. The molecule has 0 aliphatic heterocycles. The van der Waals surface area contributed by atoms with Gasteiger partial charge < -0.3 is 10.6 Å². The van der Waals surface area contributed by atoms with Crippen LogP contribution in [0.15, 0.2) is 42.5 Å². The number of para-hydroxylation sites is 1. The first-order valence-corrected chi connectivity index (χ1v) is 7.96. The van der Waals surface area contributed by atoms with Crippen LogP contribution in [0.2, 0.25) is 10.0 Å². The van der Waals surface area contributed by atoms with Crippen LogP contribution in [0.5, 0.6) is 0 Å². The van der Waals surface area contributed by atoms with Gasteiger partial charge in [0.2, 0.25) is 11.8 Å². The number of anilines is 1. The SMILES string of the molecule is O=C(CC(=O)Nc1c(Cl)cccc1Cl)NCCc1ccc(F)cc1. The van der Waals surface area contributed by atoms with Crippen molar-refractivity contribution < 1.29 is 14.0 Å². The van der Waals surface area contributed by atoms with Crippen LogP contribution in [0.25, 0.3) is 0 Å². The fourth-order valence-electron chi connectivity index (χ4n) is 2.01. The van der Waals surface area contributed by atoms with Crippen LogP contribution in [0.4, 0.5) is 10.1 Å². The zero-order chi connectivity index (χ0) is 17.5. The van der Waals surface area contributed by atoms with Crippen molar-refractivity contribution in [3.8, 4) is 0 Å². The smallest absolute Gasteiger partial charge is 0.233 e. The van der Waals surface area contributed by atoms with Crippen molar-refractivity contribution in [2.45, 2.75) is 12.8 Å². The summed E-state index contributed by atoms with van der Waals surface area (Å²) in [6, 6.07) is 10.8. The van der Waals surface area contributed by atoms with E-state index in [9.17, 15) is 14.0 Å². The maximum Gasteiger partial charge on any atom is 0.233 e. The van der Waals surface area contributed by atoms with Crippen LogP contribution in [-0.4, -0.2) is 18.4 Å². The van der Waals surface area contributed by atoms with Gasteiger partial charge in [0.15, 0.2) is 0 Å². The highest BCUT2D eigenvalue weighted by Gasteiger charge is 2.13. The summed E-state index contributed by atoms with van der Waals surface area (Å²) >= 11 is 11.9. The zero-order valence-electron chi connectivity index (χ0n) is 12.6. The van der Waals surface area contributed by atoms with Crippen LogP contribution in [0, 0.1) is 5.82 Å². The van der Waals surface area contributed by atoms with E-state index in [4.69, 9.17) is 23.2 Å². The maximum atomic E-state index is 12.8. The molecule has 0 radical (unpaired) electrons. The number of benzene rings is 2. The van der Waals surface area contributed by atoms with Gasteiger partial charge in [0.05, 0.1) is 15.7 Å². The Kier molecular flexibility index (Phi) is 6.58. The molecule has 2 rings (SSSR count). The molecule has 7 heteroatoms. The Hall–Kier alpha value is -2.11. The quantitative estimate of drug-likeness (QED) is 0.761. The van der Waals surface area contributed by atoms with E-state index in [1.54, 1.807) is 30.3 Å². The van der Waals surface area contributed by atoms with E-state index >= 15 is 0 Å². The average molecular weight is 369 g/mol. The molecule has 4 nitrogen and oxygen atoms in total. The van der Waals surface area contributed by atoms with E-state index in [0.29, 0.717) is 23.0 Å². The third kappa shape index (κ3) is 5.51. The number of carbonyl (C=O) groups excluding carboxylic acids is 2. The topological polar surface area (TPSA) is 58.2 Å². The van der Waals surface area contributed by atoms with Gasteiger partial charge in [0.1, 0.15) is 12.2 Å². The monoisotopic (exact) mass is 368 g/mol. The van der Waals surface area contributed by atoms with Crippen molar-refractivity contribution in [2.75, 3.05) is 11.9 Å². The van der Waals surface area contributed by atoms with Gasteiger partial charge in [-0.15, -0.1) is 0 Å². The van der Waals surface area contributed by atoms with Crippen molar-refractivity contribution in [1.82, 2.24) is 5.32 Å². The predicted octanol–water partition coefficient (Wildman–Crippen LogP) is 3.82. The fraction of sp³-hybridized carbons (Fsp3) is 0.176.